The Kier molecular flexibility index (Phi) is 4.83. The topological polar surface area (TPSA) is 75.6 Å². The molecular formula is C16H21NO4. The van der Waals surface area contributed by atoms with E-state index in [4.69, 9.17) is 4.74 Å². The van der Waals surface area contributed by atoms with Gasteiger partial charge in [-0.05, 0) is 37.1 Å². The molecule has 0 saturated heterocycles. The van der Waals surface area contributed by atoms with Crippen LogP contribution in [0.25, 0.3) is 0 Å². The van der Waals surface area contributed by atoms with Crippen molar-refractivity contribution in [2.75, 3.05) is 7.11 Å². The Labute approximate surface area is 124 Å². The largest absolute Gasteiger partial charge is 0.497 e. The van der Waals surface area contributed by atoms with Crippen molar-refractivity contribution in [1.82, 2.24) is 5.32 Å². The molecule has 5 nitrogen and oxygen atoms in total. The molecule has 1 aromatic rings. The minimum atomic E-state index is -1.13. The highest BCUT2D eigenvalue weighted by atomic mass is 16.5. The first-order valence-corrected chi connectivity index (χ1v) is 7.27. The first kappa shape index (κ1) is 15.4. The van der Waals surface area contributed by atoms with Gasteiger partial charge in [-0.3, -0.25) is 4.79 Å². The molecule has 5 heteroatoms. The molecule has 1 fully saturated rings. The van der Waals surface area contributed by atoms with Gasteiger partial charge in [-0.25, -0.2) is 4.79 Å². The van der Waals surface area contributed by atoms with Gasteiger partial charge >= 0.3 is 5.97 Å². The van der Waals surface area contributed by atoms with E-state index in [1.807, 2.05) is 0 Å². The van der Waals surface area contributed by atoms with Crippen molar-refractivity contribution in [2.45, 2.75) is 44.1 Å². The lowest BCUT2D eigenvalue weighted by Gasteiger charge is -2.29. The molecule has 2 N–H and O–H groups in total. The van der Waals surface area contributed by atoms with Crippen LogP contribution in [0.5, 0.6) is 5.75 Å². The highest BCUT2D eigenvalue weighted by Gasteiger charge is 2.40. The molecule has 0 heterocycles. The number of carboxylic acid groups (broad SMARTS) is 1. The predicted molar refractivity (Wildman–Crippen MR) is 78.5 cm³/mol. The number of benzene rings is 1. The van der Waals surface area contributed by atoms with Crippen LogP contribution in [0.4, 0.5) is 0 Å². The zero-order valence-electron chi connectivity index (χ0n) is 12.2. The van der Waals surface area contributed by atoms with E-state index in [9.17, 15) is 14.7 Å². The Bertz CT molecular complexity index is 502. The fourth-order valence-electron chi connectivity index (χ4n) is 2.76. The van der Waals surface area contributed by atoms with Gasteiger partial charge in [0.25, 0.3) is 5.91 Å². The van der Waals surface area contributed by atoms with Gasteiger partial charge in [-0.15, -0.1) is 0 Å². The molecule has 0 bridgehead atoms. The summed E-state index contributed by atoms with van der Waals surface area (Å²) in [6.07, 6.45) is 4.68. The molecule has 1 aromatic carbocycles. The van der Waals surface area contributed by atoms with Crippen LogP contribution in [-0.4, -0.2) is 29.6 Å². The van der Waals surface area contributed by atoms with Crippen LogP contribution < -0.4 is 10.1 Å². The van der Waals surface area contributed by atoms with E-state index in [0.717, 1.165) is 25.7 Å². The molecular weight excluding hydrogens is 270 g/mol. The molecule has 0 radical (unpaired) electrons. The van der Waals surface area contributed by atoms with Crippen molar-refractivity contribution in [1.29, 1.82) is 0 Å². The van der Waals surface area contributed by atoms with Gasteiger partial charge in [-0.1, -0.05) is 25.7 Å². The summed E-state index contributed by atoms with van der Waals surface area (Å²) in [7, 11) is 1.56. The molecule has 0 aliphatic heterocycles. The molecule has 1 aliphatic carbocycles. The van der Waals surface area contributed by atoms with Crippen LogP contribution in [0, 0.1) is 0 Å². The van der Waals surface area contributed by atoms with Crippen molar-refractivity contribution in [3.8, 4) is 5.75 Å². The van der Waals surface area contributed by atoms with Crippen LogP contribution in [-0.2, 0) is 4.79 Å². The van der Waals surface area contributed by atoms with Crippen molar-refractivity contribution < 1.29 is 19.4 Å². The number of hydrogen-bond acceptors (Lipinski definition) is 3. The number of nitrogens with one attached hydrogen (secondary N) is 1. The molecule has 0 spiro atoms. The third-order valence-electron chi connectivity index (χ3n) is 4.07. The van der Waals surface area contributed by atoms with Crippen LogP contribution >= 0.6 is 0 Å². The maximum Gasteiger partial charge on any atom is 0.329 e. The van der Waals surface area contributed by atoms with E-state index in [1.165, 1.54) is 0 Å². The number of amides is 1. The molecule has 21 heavy (non-hydrogen) atoms. The number of ether oxygens (including phenoxy) is 1. The SMILES string of the molecule is COc1ccc(C(=O)NC2(C(=O)O)CCCCCC2)cc1. The van der Waals surface area contributed by atoms with E-state index < -0.39 is 11.5 Å². The van der Waals surface area contributed by atoms with Crippen LogP contribution in [0.1, 0.15) is 48.9 Å². The number of carboxylic acids is 1. The molecule has 1 saturated carbocycles. The Balaban J connectivity index is 2.15. The maximum absolute atomic E-state index is 12.3. The standard InChI is InChI=1S/C16H21NO4/c1-21-13-8-6-12(7-9-13)14(18)17-16(15(19)20)10-4-2-3-5-11-16/h6-9H,2-5,10-11H2,1H3,(H,17,18)(H,19,20). The third-order valence-corrected chi connectivity index (χ3v) is 4.07. The summed E-state index contributed by atoms with van der Waals surface area (Å²) < 4.78 is 5.05. The van der Waals surface area contributed by atoms with Gasteiger partial charge in [-0.2, -0.15) is 0 Å². The van der Waals surface area contributed by atoms with Crippen molar-refractivity contribution in [3.63, 3.8) is 0 Å². The van der Waals surface area contributed by atoms with E-state index in [2.05, 4.69) is 5.32 Å². The van der Waals surface area contributed by atoms with Gasteiger partial charge in [0, 0.05) is 5.56 Å². The second kappa shape index (κ2) is 6.61. The predicted octanol–water partition coefficient (Wildman–Crippen LogP) is 2.60. The Hall–Kier alpha value is -2.04. The quantitative estimate of drug-likeness (QED) is 0.836. The van der Waals surface area contributed by atoms with E-state index in [-0.39, 0.29) is 5.91 Å². The summed E-state index contributed by atoms with van der Waals surface area (Å²) in [5, 5.41) is 12.3. The lowest BCUT2D eigenvalue weighted by atomic mass is 9.90. The fraction of sp³-hybridized carbons (Fsp3) is 0.500. The van der Waals surface area contributed by atoms with E-state index in [1.54, 1.807) is 31.4 Å². The Morgan fingerprint density at radius 2 is 1.67 bits per heavy atom. The number of aliphatic carboxylic acids is 1. The number of methoxy groups -OCH3 is 1. The van der Waals surface area contributed by atoms with Crippen molar-refractivity contribution in [2.24, 2.45) is 0 Å². The van der Waals surface area contributed by atoms with Crippen molar-refractivity contribution >= 4 is 11.9 Å². The summed E-state index contributed by atoms with van der Waals surface area (Å²) in [5.41, 5.74) is -0.686. The van der Waals surface area contributed by atoms with Crippen LogP contribution in [0.3, 0.4) is 0 Å². The zero-order valence-corrected chi connectivity index (χ0v) is 12.2. The van der Waals surface area contributed by atoms with Gasteiger partial charge < -0.3 is 15.2 Å². The Morgan fingerprint density at radius 1 is 1.10 bits per heavy atom. The fourth-order valence-corrected chi connectivity index (χ4v) is 2.76. The molecule has 2 rings (SSSR count). The molecule has 114 valence electrons. The van der Waals surface area contributed by atoms with E-state index >= 15 is 0 Å². The second-order valence-electron chi connectivity index (χ2n) is 5.48. The minimum Gasteiger partial charge on any atom is -0.497 e. The summed E-state index contributed by atoms with van der Waals surface area (Å²) in [5.74, 6) is -0.623. The molecule has 1 aliphatic rings. The maximum atomic E-state index is 12.3. The first-order valence-electron chi connectivity index (χ1n) is 7.27. The minimum absolute atomic E-state index is 0.345. The van der Waals surface area contributed by atoms with E-state index in [0.29, 0.717) is 24.2 Å². The first-order chi connectivity index (χ1) is 10.1. The molecule has 0 aromatic heterocycles. The number of rotatable bonds is 4. The van der Waals surface area contributed by atoms with Crippen LogP contribution in [0.2, 0.25) is 0 Å². The summed E-state index contributed by atoms with van der Waals surface area (Å²) in [6.45, 7) is 0. The normalized spacial score (nSPS) is 17.6. The number of carbonyl (C=O) groups is 2. The highest BCUT2D eigenvalue weighted by molar-refractivity contribution is 5.98. The lowest BCUT2D eigenvalue weighted by molar-refractivity contribution is -0.145. The molecule has 0 unspecified atom stereocenters. The molecule has 1 amide bonds. The van der Waals surface area contributed by atoms with Gasteiger partial charge in [0.15, 0.2) is 0 Å². The summed E-state index contributed by atoms with van der Waals surface area (Å²) in [6, 6.07) is 6.66. The van der Waals surface area contributed by atoms with Gasteiger partial charge in [0.2, 0.25) is 0 Å². The summed E-state index contributed by atoms with van der Waals surface area (Å²) in [4.78, 5) is 24.0. The average Bonchev–Trinajstić information content (AvgIpc) is 2.74. The monoisotopic (exact) mass is 291 g/mol. The smallest absolute Gasteiger partial charge is 0.329 e. The Morgan fingerprint density at radius 3 is 2.14 bits per heavy atom. The zero-order chi connectivity index (χ0) is 15.3. The third kappa shape index (κ3) is 3.54. The lowest BCUT2D eigenvalue weighted by Crippen LogP contribution is -2.54. The second-order valence-corrected chi connectivity index (χ2v) is 5.48. The summed E-state index contributed by atoms with van der Waals surface area (Å²) >= 11 is 0. The van der Waals surface area contributed by atoms with Crippen LogP contribution in [0.15, 0.2) is 24.3 Å². The average molecular weight is 291 g/mol. The van der Waals surface area contributed by atoms with Crippen molar-refractivity contribution in [3.05, 3.63) is 29.8 Å². The van der Waals surface area contributed by atoms with Gasteiger partial charge in [0.1, 0.15) is 11.3 Å². The van der Waals surface area contributed by atoms with Gasteiger partial charge in [0.05, 0.1) is 7.11 Å². The number of hydrogen-bond donors (Lipinski definition) is 2. The highest BCUT2D eigenvalue weighted by Crippen LogP contribution is 2.28. The molecule has 0 atom stereocenters. The number of carbonyl (C=O) groups excluding carboxylic acids is 1.